The summed E-state index contributed by atoms with van der Waals surface area (Å²) in [6.07, 6.45) is 7.15. The van der Waals surface area contributed by atoms with Gasteiger partial charge in [-0.15, -0.1) is 0 Å². The monoisotopic (exact) mass is 231 g/mol. The maximum atomic E-state index is 4.53. The van der Waals surface area contributed by atoms with Gasteiger partial charge in [0, 0.05) is 31.4 Å². The Bertz CT molecular complexity index is 392. The summed E-state index contributed by atoms with van der Waals surface area (Å²) in [5.41, 5.74) is 1.28. The average molecular weight is 231 g/mol. The summed E-state index contributed by atoms with van der Waals surface area (Å²) in [6, 6.07) is 6.30. The van der Waals surface area contributed by atoms with Crippen molar-refractivity contribution in [2.24, 2.45) is 0 Å². The fourth-order valence-electron chi connectivity index (χ4n) is 3.36. The van der Waals surface area contributed by atoms with Crippen LogP contribution >= 0.6 is 0 Å². The van der Waals surface area contributed by atoms with E-state index in [-0.39, 0.29) is 0 Å². The van der Waals surface area contributed by atoms with E-state index in [1.54, 1.807) is 0 Å². The first-order valence-electron chi connectivity index (χ1n) is 6.64. The van der Waals surface area contributed by atoms with E-state index < -0.39 is 0 Å². The highest BCUT2D eigenvalue weighted by Gasteiger charge is 2.35. The van der Waals surface area contributed by atoms with Gasteiger partial charge in [0.05, 0.1) is 0 Å². The van der Waals surface area contributed by atoms with Crippen LogP contribution in [0.4, 0.5) is 5.82 Å². The normalized spacial score (nSPS) is 31.5. The third-order valence-electron chi connectivity index (χ3n) is 4.31. The quantitative estimate of drug-likeness (QED) is 0.845. The molecule has 0 aliphatic carbocycles. The van der Waals surface area contributed by atoms with Crippen LogP contribution in [0.2, 0.25) is 0 Å². The minimum atomic E-state index is 0.655. The van der Waals surface area contributed by atoms with Gasteiger partial charge in [-0.3, -0.25) is 0 Å². The maximum absolute atomic E-state index is 4.53. The zero-order valence-corrected chi connectivity index (χ0v) is 10.7. The molecule has 2 aliphatic rings. The molecule has 0 saturated carbocycles. The van der Waals surface area contributed by atoms with E-state index in [4.69, 9.17) is 0 Å². The molecule has 0 spiro atoms. The predicted molar refractivity (Wildman–Crippen MR) is 70.3 cm³/mol. The molecule has 2 saturated heterocycles. The molecule has 0 aromatic carbocycles. The first kappa shape index (κ1) is 11.0. The van der Waals surface area contributed by atoms with Crippen LogP contribution in [-0.4, -0.2) is 30.2 Å². The Morgan fingerprint density at radius 3 is 2.65 bits per heavy atom. The zero-order chi connectivity index (χ0) is 11.8. The lowest BCUT2D eigenvalue weighted by atomic mass is 9.98. The fraction of sp³-hybridized carbons (Fsp3) is 0.643. The number of hydrogen-bond acceptors (Lipinski definition) is 3. The van der Waals surface area contributed by atoms with Crippen LogP contribution in [0.15, 0.2) is 18.3 Å². The lowest BCUT2D eigenvalue weighted by Gasteiger charge is -2.36. The predicted octanol–water partition coefficient (Wildman–Crippen LogP) is 2.11. The van der Waals surface area contributed by atoms with Crippen molar-refractivity contribution in [3.05, 3.63) is 23.9 Å². The van der Waals surface area contributed by atoms with Gasteiger partial charge in [0.2, 0.25) is 0 Å². The Morgan fingerprint density at radius 1 is 1.29 bits per heavy atom. The molecule has 0 amide bonds. The number of pyridine rings is 1. The van der Waals surface area contributed by atoms with Crippen molar-refractivity contribution in [1.29, 1.82) is 0 Å². The third kappa shape index (κ3) is 2.04. The number of nitrogens with zero attached hydrogens (tertiary/aromatic N) is 2. The van der Waals surface area contributed by atoms with Gasteiger partial charge in [-0.2, -0.15) is 0 Å². The first-order valence-corrected chi connectivity index (χ1v) is 6.64. The second-order valence-electron chi connectivity index (χ2n) is 5.52. The molecule has 2 fully saturated rings. The molecule has 3 heterocycles. The third-order valence-corrected chi connectivity index (χ3v) is 4.31. The minimum Gasteiger partial charge on any atom is -0.356 e. The van der Waals surface area contributed by atoms with Crippen LogP contribution in [0.3, 0.4) is 0 Å². The van der Waals surface area contributed by atoms with Gasteiger partial charge in [-0.05, 0) is 44.2 Å². The largest absolute Gasteiger partial charge is 0.356 e. The Labute approximate surface area is 103 Å². The van der Waals surface area contributed by atoms with Gasteiger partial charge in [0.1, 0.15) is 5.82 Å². The van der Waals surface area contributed by atoms with Crippen molar-refractivity contribution in [2.45, 2.75) is 50.7 Å². The van der Waals surface area contributed by atoms with E-state index in [1.165, 1.54) is 31.2 Å². The highest BCUT2D eigenvalue weighted by Crippen LogP contribution is 2.31. The summed E-state index contributed by atoms with van der Waals surface area (Å²) in [7, 11) is 2.20. The van der Waals surface area contributed by atoms with Crippen LogP contribution in [0.25, 0.3) is 0 Å². The minimum absolute atomic E-state index is 0.655. The topological polar surface area (TPSA) is 28.2 Å². The number of piperidine rings is 1. The number of anilines is 1. The molecule has 92 valence electrons. The molecule has 3 heteroatoms. The van der Waals surface area contributed by atoms with Crippen LogP contribution in [0, 0.1) is 6.92 Å². The van der Waals surface area contributed by atoms with E-state index >= 15 is 0 Å². The summed E-state index contributed by atoms with van der Waals surface area (Å²) in [5.74, 6) is 1.15. The molecule has 0 radical (unpaired) electrons. The van der Waals surface area contributed by atoms with Crippen molar-refractivity contribution >= 4 is 5.82 Å². The Kier molecular flexibility index (Phi) is 2.79. The van der Waals surface area contributed by atoms with Crippen molar-refractivity contribution < 1.29 is 0 Å². The number of fused-ring (bicyclic) bond motifs is 2. The van der Waals surface area contributed by atoms with Gasteiger partial charge in [0.25, 0.3) is 0 Å². The van der Waals surface area contributed by atoms with Gasteiger partial charge < -0.3 is 10.2 Å². The Balaban J connectivity index is 1.78. The van der Waals surface area contributed by atoms with Crippen LogP contribution < -0.4 is 10.2 Å². The summed E-state index contributed by atoms with van der Waals surface area (Å²) in [6.45, 7) is 2.15. The Hall–Kier alpha value is -1.09. The molecule has 17 heavy (non-hydrogen) atoms. The average Bonchev–Trinajstić information content (AvgIpc) is 2.68. The molecule has 1 aromatic heterocycles. The second kappa shape index (κ2) is 4.30. The molecule has 1 aromatic rings. The lowest BCUT2D eigenvalue weighted by molar-refractivity contribution is 0.353. The molecule has 1 N–H and O–H groups in total. The number of hydrogen-bond donors (Lipinski definition) is 1. The first-order chi connectivity index (χ1) is 8.24. The lowest BCUT2D eigenvalue weighted by Crippen LogP contribution is -2.47. The summed E-state index contributed by atoms with van der Waals surface area (Å²) < 4.78 is 0. The smallest absolute Gasteiger partial charge is 0.131 e. The van der Waals surface area contributed by atoms with Gasteiger partial charge >= 0.3 is 0 Å². The van der Waals surface area contributed by atoms with Crippen LogP contribution in [0.1, 0.15) is 31.2 Å². The zero-order valence-electron chi connectivity index (χ0n) is 10.7. The SMILES string of the molecule is Cc1cccnc1N(C)C1CC2CCC(C1)N2. The van der Waals surface area contributed by atoms with E-state index in [9.17, 15) is 0 Å². The van der Waals surface area contributed by atoms with Gasteiger partial charge in [-0.25, -0.2) is 4.98 Å². The molecular formula is C14H21N3. The Morgan fingerprint density at radius 2 is 2.00 bits per heavy atom. The highest BCUT2D eigenvalue weighted by molar-refractivity contribution is 5.46. The van der Waals surface area contributed by atoms with E-state index in [0.717, 1.165) is 17.9 Å². The van der Waals surface area contributed by atoms with Crippen molar-refractivity contribution in [1.82, 2.24) is 10.3 Å². The highest BCUT2D eigenvalue weighted by atomic mass is 15.2. The van der Waals surface area contributed by atoms with Crippen molar-refractivity contribution in [3.63, 3.8) is 0 Å². The second-order valence-corrected chi connectivity index (χ2v) is 5.52. The van der Waals surface area contributed by atoms with E-state index in [1.807, 2.05) is 12.3 Å². The molecule has 3 nitrogen and oxygen atoms in total. The van der Waals surface area contributed by atoms with Gasteiger partial charge in [-0.1, -0.05) is 6.07 Å². The number of rotatable bonds is 2. The van der Waals surface area contributed by atoms with Crippen LogP contribution in [-0.2, 0) is 0 Å². The van der Waals surface area contributed by atoms with Gasteiger partial charge in [0.15, 0.2) is 0 Å². The maximum Gasteiger partial charge on any atom is 0.131 e. The summed E-state index contributed by atoms with van der Waals surface area (Å²) >= 11 is 0. The van der Waals surface area contributed by atoms with Crippen molar-refractivity contribution in [3.8, 4) is 0 Å². The molecule has 2 unspecified atom stereocenters. The molecule has 2 bridgehead atoms. The molecule has 2 aliphatic heterocycles. The number of aromatic nitrogens is 1. The number of nitrogens with one attached hydrogen (secondary N) is 1. The van der Waals surface area contributed by atoms with E-state index in [0.29, 0.717) is 6.04 Å². The van der Waals surface area contributed by atoms with Crippen molar-refractivity contribution in [2.75, 3.05) is 11.9 Å². The number of aryl methyl sites for hydroxylation is 1. The van der Waals surface area contributed by atoms with Crippen LogP contribution in [0.5, 0.6) is 0 Å². The standard InChI is InChI=1S/C14H21N3/c1-10-4-3-7-15-14(10)17(2)13-8-11-5-6-12(9-13)16-11/h3-4,7,11-13,16H,5-6,8-9H2,1-2H3. The fourth-order valence-corrected chi connectivity index (χ4v) is 3.36. The molecule has 2 atom stereocenters. The molecular weight excluding hydrogens is 210 g/mol. The molecule has 3 rings (SSSR count). The van der Waals surface area contributed by atoms with E-state index in [2.05, 4.69) is 35.2 Å². The summed E-state index contributed by atoms with van der Waals surface area (Å²) in [4.78, 5) is 6.92. The summed E-state index contributed by atoms with van der Waals surface area (Å²) in [5, 5.41) is 3.69.